The molecule has 45 heavy (non-hydrogen) atoms. The molecule has 0 radical (unpaired) electrons. The van der Waals surface area contributed by atoms with E-state index < -0.39 is 26.0 Å². The first-order valence-corrected chi connectivity index (χ1v) is 19.2. The van der Waals surface area contributed by atoms with Crippen LogP contribution in [0.1, 0.15) is 56.1 Å². The Labute approximate surface area is 276 Å². The van der Waals surface area contributed by atoms with Crippen LogP contribution >= 0.6 is 23.2 Å². The Morgan fingerprint density at radius 2 is 1.60 bits per heavy atom. The van der Waals surface area contributed by atoms with Crippen LogP contribution < -0.4 is 4.43 Å². The average molecular weight is 689 g/mol. The summed E-state index contributed by atoms with van der Waals surface area (Å²) in [6.45, 7) is 20.0. The first-order valence-electron chi connectivity index (χ1n) is 15.6. The number of ether oxygens (including phenoxy) is 1. The van der Waals surface area contributed by atoms with Gasteiger partial charge in [0.1, 0.15) is 5.75 Å². The number of alkyl halides is 3. The van der Waals surface area contributed by atoms with Crippen LogP contribution in [0.5, 0.6) is 5.75 Å². The van der Waals surface area contributed by atoms with Gasteiger partial charge in [0, 0.05) is 62.4 Å². The Hall–Kier alpha value is -1.82. The summed E-state index contributed by atoms with van der Waals surface area (Å²) in [5, 5.41) is 0.374. The Morgan fingerprint density at radius 3 is 2.22 bits per heavy atom. The van der Waals surface area contributed by atoms with E-state index in [1.807, 2.05) is 18.2 Å². The first kappa shape index (κ1) is 36.0. The molecule has 4 rings (SSSR count). The number of hydrogen-bond donors (Lipinski definition) is 0. The quantitative estimate of drug-likeness (QED) is 0.264. The highest BCUT2D eigenvalue weighted by atomic mass is 35.5. The van der Waals surface area contributed by atoms with Crippen molar-refractivity contribution in [1.29, 1.82) is 0 Å². The number of benzene rings is 2. The molecular formula is C33H46Cl2F3N3O3Si. The fourth-order valence-electron chi connectivity index (χ4n) is 5.81. The summed E-state index contributed by atoms with van der Waals surface area (Å²) >= 11 is 12.7. The van der Waals surface area contributed by atoms with Crippen molar-refractivity contribution in [1.82, 2.24) is 14.7 Å². The molecule has 3 unspecified atom stereocenters. The molecule has 2 aliphatic rings. The Kier molecular flexibility index (Phi) is 11.3. The summed E-state index contributed by atoms with van der Waals surface area (Å²) in [5.74, 6) is 0.154. The first-order chi connectivity index (χ1) is 20.8. The number of rotatable bonds is 8. The molecule has 0 saturated carbocycles. The Morgan fingerprint density at radius 1 is 0.956 bits per heavy atom. The van der Waals surface area contributed by atoms with Crippen molar-refractivity contribution >= 4 is 37.4 Å². The Bertz CT molecular complexity index is 1340. The van der Waals surface area contributed by atoms with E-state index in [-0.39, 0.29) is 33.9 Å². The molecule has 2 aromatic carbocycles. The molecule has 2 aromatic rings. The zero-order valence-electron chi connectivity index (χ0n) is 27.3. The molecule has 250 valence electrons. The second-order valence-corrected chi connectivity index (χ2v) is 19.6. The van der Waals surface area contributed by atoms with Gasteiger partial charge in [-0.05, 0) is 74.3 Å². The number of nitrogens with zero attached hydrogens (tertiary/aromatic N) is 3. The van der Waals surface area contributed by atoms with Crippen molar-refractivity contribution in [2.75, 3.05) is 45.8 Å². The largest absolute Gasteiger partial charge is 0.543 e. The van der Waals surface area contributed by atoms with E-state index in [0.717, 1.165) is 43.9 Å². The van der Waals surface area contributed by atoms with E-state index in [4.69, 9.17) is 32.4 Å². The smallest absolute Gasteiger partial charge is 0.416 e. The van der Waals surface area contributed by atoms with Gasteiger partial charge in [0.25, 0.3) is 14.2 Å². The summed E-state index contributed by atoms with van der Waals surface area (Å²) in [6, 6.07) is 8.46. The maximum absolute atomic E-state index is 13.9. The number of halogens is 5. The summed E-state index contributed by atoms with van der Waals surface area (Å²) < 4.78 is 53.2. The fourth-order valence-corrected chi connectivity index (χ4v) is 7.29. The lowest BCUT2D eigenvalue weighted by molar-refractivity contribution is -0.137. The summed E-state index contributed by atoms with van der Waals surface area (Å²) in [6.07, 6.45) is -3.78. The van der Waals surface area contributed by atoms with Crippen LogP contribution in [0, 0.1) is 0 Å². The van der Waals surface area contributed by atoms with E-state index >= 15 is 0 Å². The molecule has 3 atom stereocenters. The molecule has 0 bridgehead atoms. The van der Waals surface area contributed by atoms with Crippen molar-refractivity contribution < 1.29 is 27.1 Å². The van der Waals surface area contributed by atoms with Crippen molar-refractivity contribution in [2.45, 2.75) is 83.6 Å². The molecule has 0 spiro atoms. The lowest BCUT2D eigenvalue weighted by Gasteiger charge is -2.43. The summed E-state index contributed by atoms with van der Waals surface area (Å²) in [7, 11) is -2.18. The standard InChI is InChI=1S/C33H46Cl2F3N3O3Si/c1-22-19-40(20-23(2)43-22)11-10-39-12-13-41(31(42)25-16-26(33(36,37)38)18-27(34)17-25)28(21-39)14-24-8-9-29(35)30(15-24)44-45(6,7)32(3,4)5/h8-9,15-18,22-23,28H,10-14,19-21H2,1-7H3. The van der Waals surface area contributed by atoms with Gasteiger partial charge in [-0.1, -0.05) is 50.0 Å². The molecule has 12 heteroatoms. The van der Waals surface area contributed by atoms with Crippen LogP contribution in [0.4, 0.5) is 13.2 Å². The number of morpholine rings is 1. The number of hydrogen-bond acceptors (Lipinski definition) is 5. The molecule has 0 N–H and O–H groups in total. The van der Waals surface area contributed by atoms with Crippen LogP contribution in [0.3, 0.4) is 0 Å². The van der Waals surface area contributed by atoms with Crippen LogP contribution in [0.2, 0.25) is 28.2 Å². The average Bonchev–Trinajstić information content (AvgIpc) is 2.91. The lowest BCUT2D eigenvalue weighted by Crippen LogP contribution is -2.57. The molecular weight excluding hydrogens is 642 g/mol. The fraction of sp³-hybridized carbons (Fsp3) is 0.606. The molecule has 2 fully saturated rings. The SMILES string of the molecule is CC1CN(CCN2CCN(C(=O)c3cc(Cl)cc(C(F)(F)F)c3)C(Cc3ccc(Cl)c(O[Si](C)(C)C(C)(C)C)c3)C2)CC(C)O1. The van der Waals surface area contributed by atoms with Gasteiger partial charge >= 0.3 is 6.18 Å². The normalized spacial score (nSPS) is 22.5. The molecule has 2 saturated heterocycles. The third-order valence-electron chi connectivity index (χ3n) is 9.17. The number of amides is 1. The molecule has 2 heterocycles. The van der Waals surface area contributed by atoms with Crippen molar-refractivity contribution in [3.63, 3.8) is 0 Å². The number of carbonyl (C=O) groups excluding carboxylic acids is 1. The Balaban J connectivity index is 1.59. The highest BCUT2D eigenvalue weighted by Gasteiger charge is 2.40. The highest BCUT2D eigenvalue weighted by molar-refractivity contribution is 6.74. The van der Waals surface area contributed by atoms with Gasteiger partial charge in [-0.15, -0.1) is 0 Å². The minimum atomic E-state index is -4.61. The van der Waals surface area contributed by atoms with Crippen LogP contribution in [-0.4, -0.2) is 93.0 Å². The van der Waals surface area contributed by atoms with Crippen molar-refractivity contribution in [3.8, 4) is 5.75 Å². The minimum Gasteiger partial charge on any atom is -0.543 e. The summed E-state index contributed by atoms with van der Waals surface area (Å²) in [5.41, 5.74) is -0.0640. The predicted molar refractivity (Wildman–Crippen MR) is 177 cm³/mol. The van der Waals surface area contributed by atoms with Crippen molar-refractivity contribution in [2.24, 2.45) is 0 Å². The van der Waals surface area contributed by atoms with E-state index in [1.54, 1.807) is 4.90 Å². The van der Waals surface area contributed by atoms with Gasteiger partial charge in [0.2, 0.25) is 0 Å². The molecule has 6 nitrogen and oxygen atoms in total. The molecule has 1 amide bonds. The third-order valence-corrected chi connectivity index (χ3v) is 14.0. The van der Waals surface area contributed by atoms with E-state index in [9.17, 15) is 18.0 Å². The zero-order chi connectivity index (χ0) is 33.3. The van der Waals surface area contributed by atoms with Gasteiger partial charge in [0.15, 0.2) is 0 Å². The topological polar surface area (TPSA) is 45.2 Å². The van der Waals surface area contributed by atoms with Gasteiger partial charge in [-0.25, -0.2) is 0 Å². The van der Waals surface area contributed by atoms with Gasteiger partial charge in [-0.3, -0.25) is 14.6 Å². The van der Waals surface area contributed by atoms with Crippen LogP contribution in [0.15, 0.2) is 36.4 Å². The molecule has 0 aromatic heterocycles. The number of carbonyl (C=O) groups is 1. The number of piperazine rings is 1. The highest BCUT2D eigenvalue weighted by Crippen LogP contribution is 2.40. The van der Waals surface area contributed by atoms with Gasteiger partial charge in [-0.2, -0.15) is 13.2 Å². The zero-order valence-corrected chi connectivity index (χ0v) is 29.8. The lowest BCUT2D eigenvalue weighted by atomic mass is 10.00. The van der Waals surface area contributed by atoms with E-state index in [1.165, 1.54) is 6.07 Å². The van der Waals surface area contributed by atoms with Crippen LogP contribution in [-0.2, 0) is 17.3 Å². The molecule has 2 aliphatic heterocycles. The molecule has 0 aliphatic carbocycles. The van der Waals surface area contributed by atoms with Gasteiger partial charge in [0.05, 0.1) is 22.8 Å². The van der Waals surface area contributed by atoms with E-state index in [0.29, 0.717) is 36.8 Å². The third kappa shape index (κ3) is 9.38. The summed E-state index contributed by atoms with van der Waals surface area (Å²) in [4.78, 5) is 20.3. The second kappa shape index (κ2) is 14.1. The second-order valence-electron chi connectivity index (χ2n) is 14.0. The predicted octanol–water partition coefficient (Wildman–Crippen LogP) is 7.87. The maximum Gasteiger partial charge on any atom is 0.416 e. The minimum absolute atomic E-state index is 0.0261. The maximum atomic E-state index is 13.9. The van der Waals surface area contributed by atoms with Crippen LogP contribution in [0.25, 0.3) is 0 Å². The van der Waals surface area contributed by atoms with Crippen molar-refractivity contribution in [3.05, 3.63) is 63.1 Å². The van der Waals surface area contributed by atoms with Gasteiger partial charge < -0.3 is 14.1 Å². The van der Waals surface area contributed by atoms with E-state index in [2.05, 4.69) is 57.5 Å². The monoisotopic (exact) mass is 687 g/mol.